The Bertz CT molecular complexity index is 390. The van der Waals surface area contributed by atoms with Gasteiger partial charge in [0.05, 0.1) is 0 Å². The fraction of sp³-hybridized carbons (Fsp3) is 0.167. The van der Waals surface area contributed by atoms with Crippen molar-refractivity contribution >= 4 is 5.97 Å². The summed E-state index contributed by atoms with van der Waals surface area (Å²) >= 11 is 0. The standard InChI is InChI=1S/C12H11NO2/c1-10(12(14)15-9-13)7-8-11-5-3-2-4-6-11/h2-6H,1,7-8H2. The lowest BCUT2D eigenvalue weighted by atomic mass is 10.1. The second-order valence-corrected chi connectivity index (χ2v) is 3.07. The zero-order valence-corrected chi connectivity index (χ0v) is 8.27. The summed E-state index contributed by atoms with van der Waals surface area (Å²) in [5, 5.41) is 8.14. The zero-order valence-electron chi connectivity index (χ0n) is 8.27. The van der Waals surface area contributed by atoms with E-state index in [2.05, 4.69) is 11.3 Å². The lowest BCUT2D eigenvalue weighted by Gasteiger charge is -2.01. The van der Waals surface area contributed by atoms with Gasteiger partial charge < -0.3 is 4.74 Å². The van der Waals surface area contributed by atoms with Crippen molar-refractivity contribution in [1.82, 2.24) is 0 Å². The van der Waals surface area contributed by atoms with Crippen molar-refractivity contribution in [3.05, 3.63) is 48.0 Å². The maximum absolute atomic E-state index is 11.0. The van der Waals surface area contributed by atoms with Gasteiger partial charge in [-0.25, -0.2) is 4.79 Å². The first-order chi connectivity index (χ1) is 7.24. The number of benzene rings is 1. The van der Waals surface area contributed by atoms with Crippen molar-refractivity contribution in [3.63, 3.8) is 0 Å². The number of esters is 1. The molecule has 0 N–H and O–H groups in total. The van der Waals surface area contributed by atoms with Gasteiger partial charge in [-0.3, -0.25) is 0 Å². The van der Waals surface area contributed by atoms with E-state index in [1.54, 1.807) is 0 Å². The van der Waals surface area contributed by atoms with E-state index in [0.29, 0.717) is 12.0 Å². The Balaban J connectivity index is 2.42. The quantitative estimate of drug-likeness (QED) is 0.426. The molecule has 0 saturated heterocycles. The smallest absolute Gasteiger partial charge is 0.347 e. The molecule has 0 aliphatic heterocycles. The molecule has 0 fully saturated rings. The van der Waals surface area contributed by atoms with Gasteiger partial charge in [-0.05, 0) is 18.4 Å². The number of rotatable bonds is 4. The molecule has 0 radical (unpaired) electrons. The van der Waals surface area contributed by atoms with Crippen molar-refractivity contribution in [1.29, 1.82) is 5.26 Å². The molecule has 0 bridgehead atoms. The van der Waals surface area contributed by atoms with Crippen LogP contribution in [0.4, 0.5) is 0 Å². The van der Waals surface area contributed by atoms with Gasteiger partial charge in [0.15, 0.2) is 0 Å². The summed E-state index contributed by atoms with van der Waals surface area (Å²) in [6, 6.07) is 9.76. The molecular weight excluding hydrogens is 190 g/mol. The molecule has 0 saturated carbocycles. The van der Waals surface area contributed by atoms with E-state index in [9.17, 15) is 4.79 Å². The van der Waals surface area contributed by atoms with Gasteiger partial charge in [0.2, 0.25) is 0 Å². The van der Waals surface area contributed by atoms with Crippen LogP contribution < -0.4 is 0 Å². The predicted octanol–water partition coefficient (Wildman–Crippen LogP) is 2.20. The van der Waals surface area contributed by atoms with E-state index in [4.69, 9.17) is 5.26 Å². The number of aryl methyl sites for hydroxylation is 1. The largest absolute Gasteiger partial charge is 0.348 e. The van der Waals surface area contributed by atoms with Gasteiger partial charge in [-0.2, -0.15) is 0 Å². The van der Waals surface area contributed by atoms with Crippen LogP contribution in [0.1, 0.15) is 12.0 Å². The molecule has 0 unspecified atom stereocenters. The van der Waals surface area contributed by atoms with E-state index >= 15 is 0 Å². The highest BCUT2D eigenvalue weighted by atomic mass is 16.5. The van der Waals surface area contributed by atoms with E-state index in [-0.39, 0.29) is 0 Å². The molecular formula is C12H11NO2. The van der Waals surface area contributed by atoms with Gasteiger partial charge >= 0.3 is 5.97 Å². The maximum atomic E-state index is 11.0. The van der Waals surface area contributed by atoms with Crippen molar-refractivity contribution in [3.8, 4) is 6.26 Å². The summed E-state index contributed by atoms with van der Waals surface area (Å²) in [7, 11) is 0. The van der Waals surface area contributed by atoms with Gasteiger partial charge in [-0.1, -0.05) is 36.9 Å². The minimum Gasteiger partial charge on any atom is -0.347 e. The summed E-state index contributed by atoms with van der Waals surface area (Å²) in [6.07, 6.45) is 2.56. The summed E-state index contributed by atoms with van der Waals surface area (Å²) in [5.41, 5.74) is 1.45. The number of hydrogen-bond donors (Lipinski definition) is 0. The molecule has 0 aliphatic carbocycles. The highest BCUT2D eigenvalue weighted by Gasteiger charge is 2.07. The molecule has 76 valence electrons. The lowest BCUT2D eigenvalue weighted by molar-refractivity contribution is -0.132. The molecule has 0 heterocycles. The second-order valence-electron chi connectivity index (χ2n) is 3.07. The molecule has 0 amide bonds. The Kier molecular flexibility index (Phi) is 4.11. The fourth-order valence-corrected chi connectivity index (χ4v) is 1.16. The first kappa shape index (κ1) is 11.0. The molecule has 3 heteroatoms. The number of carbonyl (C=O) groups is 1. The summed E-state index contributed by atoms with van der Waals surface area (Å²) in [5.74, 6) is -0.645. The van der Waals surface area contributed by atoms with Crippen LogP contribution >= 0.6 is 0 Å². The number of ether oxygens (including phenoxy) is 1. The molecule has 0 atom stereocenters. The number of hydrogen-bond acceptors (Lipinski definition) is 3. The van der Waals surface area contributed by atoms with Crippen LogP contribution in [0, 0.1) is 11.5 Å². The zero-order chi connectivity index (χ0) is 11.1. The SMILES string of the molecule is C=C(CCc1ccccc1)C(=O)OC#N. The highest BCUT2D eigenvalue weighted by molar-refractivity contribution is 5.88. The van der Waals surface area contributed by atoms with E-state index in [1.807, 2.05) is 30.3 Å². The van der Waals surface area contributed by atoms with E-state index < -0.39 is 5.97 Å². The predicted molar refractivity (Wildman–Crippen MR) is 55.6 cm³/mol. The third kappa shape index (κ3) is 3.65. The van der Waals surface area contributed by atoms with Crippen LogP contribution in [-0.4, -0.2) is 5.97 Å². The molecule has 1 aromatic carbocycles. The molecule has 0 spiro atoms. The van der Waals surface area contributed by atoms with Gasteiger partial charge in [0.1, 0.15) is 0 Å². The Morgan fingerprint density at radius 2 is 2.07 bits per heavy atom. The first-order valence-corrected chi connectivity index (χ1v) is 4.56. The Hall–Kier alpha value is -2.08. The monoisotopic (exact) mass is 201 g/mol. The molecule has 0 aromatic heterocycles. The Morgan fingerprint density at radius 3 is 2.67 bits per heavy atom. The van der Waals surface area contributed by atoms with Gasteiger partial charge in [-0.15, -0.1) is 5.26 Å². The van der Waals surface area contributed by atoms with Crippen LogP contribution in [0.2, 0.25) is 0 Å². The maximum Gasteiger partial charge on any atom is 0.348 e. The van der Waals surface area contributed by atoms with Crippen molar-refractivity contribution in [2.45, 2.75) is 12.8 Å². The normalized spacial score (nSPS) is 9.00. The minimum atomic E-state index is -0.645. The average Bonchev–Trinajstić information content (AvgIpc) is 2.27. The average molecular weight is 201 g/mol. The van der Waals surface area contributed by atoms with E-state index in [0.717, 1.165) is 12.0 Å². The van der Waals surface area contributed by atoms with Gasteiger partial charge in [0.25, 0.3) is 6.26 Å². The summed E-state index contributed by atoms with van der Waals surface area (Å²) in [4.78, 5) is 11.0. The summed E-state index contributed by atoms with van der Waals surface area (Å²) in [6.45, 7) is 3.56. The second kappa shape index (κ2) is 5.61. The molecule has 1 aromatic rings. The van der Waals surface area contributed by atoms with Crippen LogP contribution in [0.5, 0.6) is 0 Å². The molecule has 15 heavy (non-hydrogen) atoms. The highest BCUT2D eigenvalue weighted by Crippen LogP contribution is 2.08. The first-order valence-electron chi connectivity index (χ1n) is 4.56. The van der Waals surface area contributed by atoms with Crippen LogP contribution in [0.15, 0.2) is 42.5 Å². The fourth-order valence-electron chi connectivity index (χ4n) is 1.16. The Morgan fingerprint density at radius 1 is 1.40 bits per heavy atom. The summed E-state index contributed by atoms with van der Waals surface area (Å²) < 4.78 is 4.16. The molecule has 1 rings (SSSR count). The number of nitriles is 1. The number of nitrogens with zero attached hydrogens (tertiary/aromatic N) is 1. The van der Waals surface area contributed by atoms with Crippen molar-refractivity contribution in [2.24, 2.45) is 0 Å². The van der Waals surface area contributed by atoms with Crippen molar-refractivity contribution in [2.75, 3.05) is 0 Å². The molecule has 3 nitrogen and oxygen atoms in total. The number of carbonyl (C=O) groups excluding carboxylic acids is 1. The topological polar surface area (TPSA) is 50.1 Å². The lowest BCUT2D eigenvalue weighted by Crippen LogP contribution is -2.04. The van der Waals surface area contributed by atoms with Crippen LogP contribution in [0.25, 0.3) is 0 Å². The van der Waals surface area contributed by atoms with Crippen LogP contribution in [-0.2, 0) is 16.0 Å². The minimum absolute atomic E-state index is 0.320. The Labute approximate surface area is 88.6 Å². The van der Waals surface area contributed by atoms with E-state index in [1.165, 1.54) is 6.26 Å². The van der Waals surface area contributed by atoms with Crippen molar-refractivity contribution < 1.29 is 9.53 Å². The third-order valence-corrected chi connectivity index (χ3v) is 1.99. The van der Waals surface area contributed by atoms with Crippen LogP contribution in [0.3, 0.4) is 0 Å². The third-order valence-electron chi connectivity index (χ3n) is 1.99. The van der Waals surface area contributed by atoms with Gasteiger partial charge in [0, 0.05) is 5.57 Å². The molecule has 0 aliphatic rings.